The molecule has 1 aromatic carbocycles. The van der Waals surface area contributed by atoms with Crippen LogP contribution in [0.5, 0.6) is 0 Å². The SMILES string of the molecule is CCOC(=O)C(C#N)=Cc1c(Cl)n(C)c2ccccc12. The predicted octanol–water partition coefficient (Wildman–Crippen LogP) is 3.30. The number of nitrogens with zero attached hydrogens (tertiary/aromatic N) is 2. The molecule has 5 heteroatoms. The maximum Gasteiger partial charge on any atom is 0.348 e. The molecule has 1 aromatic heterocycles. The van der Waals surface area contributed by atoms with Crippen molar-refractivity contribution in [3.63, 3.8) is 0 Å². The lowest BCUT2D eigenvalue weighted by atomic mass is 10.1. The highest BCUT2D eigenvalue weighted by atomic mass is 35.5. The molecular formula is C15H13ClN2O2. The van der Waals surface area contributed by atoms with Gasteiger partial charge in [0.1, 0.15) is 16.8 Å². The van der Waals surface area contributed by atoms with Crippen molar-refractivity contribution >= 4 is 34.5 Å². The van der Waals surface area contributed by atoms with E-state index < -0.39 is 5.97 Å². The van der Waals surface area contributed by atoms with Crippen LogP contribution in [0.25, 0.3) is 17.0 Å². The molecule has 0 aliphatic heterocycles. The molecule has 0 aliphatic rings. The Bertz CT molecular complexity index is 738. The van der Waals surface area contributed by atoms with Gasteiger partial charge in [-0.05, 0) is 19.1 Å². The monoisotopic (exact) mass is 288 g/mol. The molecule has 0 unspecified atom stereocenters. The molecule has 2 aromatic rings. The number of ether oxygens (including phenoxy) is 1. The van der Waals surface area contributed by atoms with E-state index in [1.807, 2.05) is 41.9 Å². The Balaban J connectivity index is 2.61. The molecule has 0 amide bonds. The Morgan fingerprint density at radius 3 is 2.85 bits per heavy atom. The fraction of sp³-hybridized carbons (Fsp3) is 0.200. The van der Waals surface area contributed by atoms with Crippen molar-refractivity contribution in [3.8, 4) is 6.07 Å². The Labute approximate surface area is 121 Å². The molecule has 0 fully saturated rings. The van der Waals surface area contributed by atoms with Crippen LogP contribution in [0, 0.1) is 11.3 Å². The van der Waals surface area contributed by atoms with E-state index in [1.165, 1.54) is 6.08 Å². The summed E-state index contributed by atoms with van der Waals surface area (Å²) in [7, 11) is 1.83. The van der Waals surface area contributed by atoms with Crippen LogP contribution < -0.4 is 0 Å². The van der Waals surface area contributed by atoms with Crippen LogP contribution in [0.4, 0.5) is 0 Å². The van der Waals surface area contributed by atoms with Crippen LogP contribution in [0.3, 0.4) is 0 Å². The van der Waals surface area contributed by atoms with Gasteiger partial charge in [0.25, 0.3) is 0 Å². The first kappa shape index (κ1) is 14.2. The first-order valence-electron chi connectivity index (χ1n) is 6.12. The van der Waals surface area contributed by atoms with Gasteiger partial charge >= 0.3 is 5.97 Å². The minimum absolute atomic E-state index is 0.0647. The second-order valence-corrected chi connectivity index (χ2v) is 4.53. The van der Waals surface area contributed by atoms with E-state index >= 15 is 0 Å². The summed E-state index contributed by atoms with van der Waals surface area (Å²) < 4.78 is 6.65. The number of nitriles is 1. The predicted molar refractivity (Wildman–Crippen MR) is 78.2 cm³/mol. The third kappa shape index (κ3) is 2.40. The molecule has 0 bridgehead atoms. The molecule has 0 saturated heterocycles. The van der Waals surface area contributed by atoms with Gasteiger partial charge in [0.2, 0.25) is 0 Å². The van der Waals surface area contributed by atoms with E-state index in [1.54, 1.807) is 6.92 Å². The highest BCUT2D eigenvalue weighted by Gasteiger charge is 2.15. The zero-order valence-corrected chi connectivity index (χ0v) is 11.9. The topological polar surface area (TPSA) is 55.0 Å². The molecule has 0 spiro atoms. The lowest BCUT2D eigenvalue weighted by molar-refractivity contribution is -0.137. The smallest absolute Gasteiger partial charge is 0.348 e. The molecule has 2 rings (SSSR count). The van der Waals surface area contributed by atoms with Gasteiger partial charge in [-0.3, -0.25) is 0 Å². The molecule has 0 saturated carbocycles. The number of rotatable bonds is 3. The summed E-state index contributed by atoms with van der Waals surface area (Å²) in [6.45, 7) is 1.92. The Kier molecular flexibility index (Phi) is 4.11. The lowest BCUT2D eigenvalue weighted by Gasteiger charge is -1.99. The Morgan fingerprint density at radius 2 is 2.20 bits per heavy atom. The van der Waals surface area contributed by atoms with Crippen LogP contribution in [0.2, 0.25) is 5.15 Å². The Morgan fingerprint density at radius 1 is 1.50 bits per heavy atom. The molecule has 0 N–H and O–H groups in total. The van der Waals surface area contributed by atoms with E-state index in [4.69, 9.17) is 21.6 Å². The summed E-state index contributed by atoms with van der Waals surface area (Å²) in [5.74, 6) is -0.640. The number of carbonyl (C=O) groups is 1. The highest BCUT2D eigenvalue weighted by molar-refractivity contribution is 6.33. The van der Waals surface area contributed by atoms with Gasteiger partial charge in [-0.1, -0.05) is 29.8 Å². The quantitative estimate of drug-likeness (QED) is 0.495. The highest BCUT2D eigenvalue weighted by Crippen LogP contribution is 2.30. The van der Waals surface area contributed by atoms with E-state index in [0.717, 1.165) is 10.9 Å². The van der Waals surface area contributed by atoms with Crippen LogP contribution in [0.1, 0.15) is 12.5 Å². The van der Waals surface area contributed by atoms with E-state index in [0.29, 0.717) is 10.7 Å². The molecule has 0 radical (unpaired) electrons. The number of fused-ring (bicyclic) bond motifs is 1. The van der Waals surface area contributed by atoms with Crippen LogP contribution >= 0.6 is 11.6 Å². The number of aromatic nitrogens is 1. The summed E-state index contributed by atoms with van der Waals surface area (Å²) >= 11 is 6.28. The number of aryl methyl sites for hydroxylation is 1. The molecule has 20 heavy (non-hydrogen) atoms. The molecule has 1 heterocycles. The van der Waals surface area contributed by atoms with Gasteiger partial charge < -0.3 is 9.30 Å². The number of hydrogen-bond donors (Lipinski definition) is 0. The van der Waals surface area contributed by atoms with Crippen LogP contribution in [0.15, 0.2) is 29.8 Å². The number of para-hydroxylation sites is 1. The normalized spacial score (nSPS) is 11.4. The first-order valence-corrected chi connectivity index (χ1v) is 6.49. The number of halogens is 1. The third-order valence-electron chi connectivity index (χ3n) is 2.98. The van der Waals surface area contributed by atoms with Crippen molar-refractivity contribution in [1.82, 2.24) is 4.57 Å². The van der Waals surface area contributed by atoms with Crippen LogP contribution in [-0.2, 0) is 16.6 Å². The number of carbonyl (C=O) groups excluding carboxylic acids is 1. The van der Waals surface area contributed by atoms with Gasteiger partial charge in [0.15, 0.2) is 0 Å². The summed E-state index contributed by atoms with van der Waals surface area (Å²) in [6.07, 6.45) is 1.47. The van der Waals surface area contributed by atoms with Crippen molar-refractivity contribution < 1.29 is 9.53 Å². The number of benzene rings is 1. The fourth-order valence-electron chi connectivity index (χ4n) is 2.02. The summed E-state index contributed by atoms with van der Waals surface area (Å²) in [6, 6.07) is 9.46. The zero-order valence-electron chi connectivity index (χ0n) is 11.2. The van der Waals surface area contributed by atoms with Gasteiger partial charge in [-0.15, -0.1) is 0 Å². The molecule has 102 valence electrons. The summed E-state index contributed by atoms with van der Waals surface area (Å²) in [4.78, 5) is 11.7. The minimum atomic E-state index is -0.640. The van der Waals surface area contributed by atoms with Crippen molar-refractivity contribution in [2.24, 2.45) is 7.05 Å². The molecular weight excluding hydrogens is 276 g/mol. The van der Waals surface area contributed by atoms with Crippen molar-refractivity contribution in [2.75, 3.05) is 6.61 Å². The number of hydrogen-bond acceptors (Lipinski definition) is 3. The van der Waals surface area contributed by atoms with Crippen molar-refractivity contribution in [1.29, 1.82) is 5.26 Å². The van der Waals surface area contributed by atoms with E-state index in [-0.39, 0.29) is 12.2 Å². The first-order chi connectivity index (χ1) is 9.60. The average Bonchev–Trinajstić information content (AvgIpc) is 2.69. The van der Waals surface area contributed by atoms with Crippen molar-refractivity contribution in [3.05, 3.63) is 40.6 Å². The zero-order chi connectivity index (χ0) is 14.7. The molecule has 0 aliphatic carbocycles. The van der Waals surface area contributed by atoms with Crippen LogP contribution in [-0.4, -0.2) is 17.1 Å². The maximum atomic E-state index is 11.7. The average molecular weight is 289 g/mol. The largest absolute Gasteiger partial charge is 0.462 e. The lowest BCUT2D eigenvalue weighted by Crippen LogP contribution is -2.06. The second kappa shape index (κ2) is 5.81. The van der Waals surface area contributed by atoms with Gasteiger partial charge in [0, 0.05) is 23.5 Å². The van der Waals surface area contributed by atoms with Crippen molar-refractivity contribution in [2.45, 2.75) is 6.92 Å². The maximum absolute atomic E-state index is 11.7. The molecule has 4 nitrogen and oxygen atoms in total. The second-order valence-electron chi connectivity index (χ2n) is 4.17. The standard InChI is InChI=1S/C15H13ClN2O2/c1-3-20-15(19)10(9-17)8-12-11-6-4-5-7-13(11)18(2)14(12)16/h4-8H,3H2,1-2H3. The van der Waals surface area contributed by atoms with E-state index in [2.05, 4.69) is 0 Å². The molecule has 0 atom stereocenters. The van der Waals surface area contributed by atoms with E-state index in [9.17, 15) is 4.79 Å². The Hall–Kier alpha value is -2.25. The summed E-state index contributed by atoms with van der Waals surface area (Å²) in [5.41, 5.74) is 1.52. The number of esters is 1. The van der Waals surface area contributed by atoms with Gasteiger partial charge in [-0.25, -0.2) is 4.79 Å². The van der Waals surface area contributed by atoms with Gasteiger partial charge in [-0.2, -0.15) is 5.26 Å². The third-order valence-corrected chi connectivity index (χ3v) is 3.43. The minimum Gasteiger partial charge on any atom is -0.462 e. The summed E-state index contributed by atoms with van der Waals surface area (Å²) in [5, 5.41) is 10.4. The fourth-order valence-corrected chi connectivity index (χ4v) is 2.27. The van der Waals surface area contributed by atoms with Gasteiger partial charge in [0.05, 0.1) is 6.61 Å².